The SMILES string of the molecule is COC(=O)C1(c2ccc(Br)cc2)CCNCC1.Cl. The molecule has 0 bridgehead atoms. The highest BCUT2D eigenvalue weighted by Gasteiger charge is 2.42. The lowest BCUT2D eigenvalue weighted by Crippen LogP contribution is -2.46. The van der Waals surface area contributed by atoms with Crippen molar-refractivity contribution in [1.82, 2.24) is 5.32 Å². The number of carbonyl (C=O) groups excluding carboxylic acids is 1. The molecule has 0 atom stereocenters. The van der Waals surface area contributed by atoms with E-state index >= 15 is 0 Å². The highest BCUT2D eigenvalue weighted by atomic mass is 79.9. The van der Waals surface area contributed by atoms with Gasteiger partial charge in [0.15, 0.2) is 0 Å². The molecule has 0 saturated carbocycles. The zero-order valence-corrected chi connectivity index (χ0v) is 12.6. The predicted octanol–water partition coefficient (Wildman–Crippen LogP) is 2.67. The second-order valence-electron chi connectivity index (χ2n) is 4.33. The van der Waals surface area contributed by atoms with Crippen molar-refractivity contribution >= 4 is 34.3 Å². The fourth-order valence-corrected chi connectivity index (χ4v) is 2.69. The molecular weight excluding hydrogens is 318 g/mol. The van der Waals surface area contributed by atoms with Gasteiger partial charge in [-0.2, -0.15) is 0 Å². The number of ether oxygens (including phenoxy) is 1. The maximum absolute atomic E-state index is 12.1. The molecule has 1 aliphatic heterocycles. The van der Waals surface area contributed by atoms with E-state index in [9.17, 15) is 4.79 Å². The Morgan fingerprint density at radius 2 is 1.83 bits per heavy atom. The lowest BCUT2D eigenvalue weighted by molar-refractivity contribution is -0.148. The Morgan fingerprint density at radius 3 is 2.33 bits per heavy atom. The van der Waals surface area contributed by atoms with Crippen LogP contribution < -0.4 is 5.32 Å². The van der Waals surface area contributed by atoms with Crippen LogP contribution in [0.1, 0.15) is 18.4 Å². The maximum Gasteiger partial charge on any atom is 0.316 e. The fraction of sp³-hybridized carbons (Fsp3) is 0.462. The first-order valence-electron chi connectivity index (χ1n) is 5.74. The molecule has 1 aromatic rings. The van der Waals surface area contributed by atoms with Crippen molar-refractivity contribution in [2.45, 2.75) is 18.3 Å². The van der Waals surface area contributed by atoms with Crippen LogP contribution in [0, 0.1) is 0 Å². The van der Waals surface area contributed by atoms with Gasteiger partial charge in [-0.25, -0.2) is 0 Å². The molecule has 3 nitrogen and oxygen atoms in total. The van der Waals surface area contributed by atoms with Crippen molar-refractivity contribution in [2.24, 2.45) is 0 Å². The number of piperidine rings is 1. The van der Waals surface area contributed by atoms with Crippen molar-refractivity contribution < 1.29 is 9.53 Å². The lowest BCUT2D eigenvalue weighted by atomic mass is 9.73. The first kappa shape index (κ1) is 15.5. The summed E-state index contributed by atoms with van der Waals surface area (Å²) in [6.45, 7) is 1.70. The third-order valence-electron chi connectivity index (χ3n) is 3.43. The largest absolute Gasteiger partial charge is 0.468 e. The molecule has 0 aromatic heterocycles. The van der Waals surface area contributed by atoms with Crippen LogP contribution >= 0.6 is 28.3 Å². The van der Waals surface area contributed by atoms with Gasteiger partial charge in [-0.05, 0) is 43.6 Å². The smallest absolute Gasteiger partial charge is 0.316 e. The Morgan fingerprint density at radius 1 is 1.28 bits per heavy atom. The molecular formula is C13H17BrClNO2. The van der Waals surface area contributed by atoms with Crippen molar-refractivity contribution in [2.75, 3.05) is 20.2 Å². The van der Waals surface area contributed by atoms with E-state index in [2.05, 4.69) is 21.2 Å². The van der Waals surface area contributed by atoms with E-state index in [0.29, 0.717) is 0 Å². The van der Waals surface area contributed by atoms with Crippen LogP contribution in [0.25, 0.3) is 0 Å². The zero-order valence-electron chi connectivity index (χ0n) is 10.2. The fourth-order valence-electron chi connectivity index (χ4n) is 2.43. The minimum Gasteiger partial charge on any atom is -0.468 e. The quantitative estimate of drug-likeness (QED) is 0.845. The molecule has 0 radical (unpaired) electrons. The predicted molar refractivity (Wildman–Crippen MR) is 77.2 cm³/mol. The second-order valence-corrected chi connectivity index (χ2v) is 5.25. The van der Waals surface area contributed by atoms with Crippen LogP contribution in [0.3, 0.4) is 0 Å². The van der Waals surface area contributed by atoms with E-state index in [1.165, 1.54) is 7.11 Å². The molecule has 0 spiro atoms. The van der Waals surface area contributed by atoms with Crippen LogP contribution in [0.5, 0.6) is 0 Å². The molecule has 1 saturated heterocycles. The van der Waals surface area contributed by atoms with Gasteiger partial charge in [-0.1, -0.05) is 28.1 Å². The van der Waals surface area contributed by atoms with Gasteiger partial charge in [0.2, 0.25) is 0 Å². The number of carbonyl (C=O) groups is 1. The number of hydrogen-bond acceptors (Lipinski definition) is 3. The average molecular weight is 335 g/mol. The zero-order chi connectivity index (χ0) is 12.3. The first-order chi connectivity index (χ1) is 8.19. The van der Waals surface area contributed by atoms with Crippen LogP contribution in [-0.4, -0.2) is 26.2 Å². The molecule has 0 unspecified atom stereocenters. The summed E-state index contributed by atoms with van der Waals surface area (Å²) in [7, 11) is 1.46. The highest BCUT2D eigenvalue weighted by molar-refractivity contribution is 9.10. The van der Waals surface area contributed by atoms with Crippen LogP contribution in [0.15, 0.2) is 28.7 Å². The molecule has 0 amide bonds. The van der Waals surface area contributed by atoms with E-state index in [0.717, 1.165) is 36.0 Å². The van der Waals surface area contributed by atoms with Gasteiger partial charge in [0.1, 0.15) is 0 Å². The summed E-state index contributed by atoms with van der Waals surface area (Å²) >= 11 is 3.41. The molecule has 1 aliphatic rings. The van der Waals surface area contributed by atoms with Crippen LogP contribution in [0.4, 0.5) is 0 Å². The van der Waals surface area contributed by atoms with Gasteiger partial charge in [0.05, 0.1) is 12.5 Å². The number of benzene rings is 1. The highest BCUT2D eigenvalue weighted by Crippen LogP contribution is 2.35. The second kappa shape index (κ2) is 6.55. The van der Waals surface area contributed by atoms with Crippen LogP contribution in [-0.2, 0) is 14.9 Å². The maximum atomic E-state index is 12.1. The molecule has 1 fully saturated rings. The minimum absolute atomic E-state index is 0. The van der Waals surface area contributed by atoms with Crippen molar-refractivity contribution in [1.29, 1.82) is 0 Å². The molecule has 1 heterocycles. The monoisotopic (exact) mass is 333 g/mol. The number of halogens is 2. The van der Waals surface area contributed by atoms with Gasteiger partial charge in [0, 0.05) is 4.47 Å². The standard InChI is InChI=1S/C13H16BrNO2.ClH/c1-17-12(16)13(6-8-15-9-7-13)10-2-4-11(14)5-3-10;/h2-5,15H,6-9H2,1H3;1H. The Labute approximate surface area is 122 Å². The topological polar surface area (TPSA) is 38.3 Å². The Hall–Kier alpha value is -0.580. The van der Waals surface area contributed by atoms with Crippen molar-refractivity contribution in [3.05, 3.63) is 34.3 Å². The molecule has 2 rings (SSSR count). The number of hydrogen-bond donors (Lipinski definition) is 1. The molecule has 5 heteroatoms. The van der Waals surface area contributed by atoms with E-state index in [1.54, 1.807) is 0 Å². The Balaban J connectivity index is 0.00000162. The number of rotatable bonds is 2. The lowest BCUT2D eigenvalue weighted by Gasteiger charge is -2.35. The van der Waals surface area contributed by atoms with E-state index in [1.807, 2.05) is 24.3 Å². The van der Waals surface area contributed by atoms with Gasteiger partial charge in [0.25, 0.3) is 0 Å². The minimum atomic E-state index is -0.472. The molecule has 100 valence electrons. The number of methoxy groups -OCH3 is 1. The third kappa shape index (κ3) is 2.87. The Bertz CT molecular complexity index is 402. The molecule has 0 aliphatic carbocycles. The molecule has 1 aromatic carbocycles. The van der Waals surface area contributed by atoms with E-state index < -0.39 is 5.41 Å². The summed E-state index contributed by atoms with van der Waals surface area (Å²) in [6, 6.07) is 7.96. The van der Waals surface area contributed by atoms with Gasteiger partial charge in [-0.3, -0.25) is 4.79 Å². The summed E-state index contributed by atoms with van der Waals surface area (Å²) in [4.78, 5) is 12.1. The van der Waals surface area contributed by atoms with Gasteiger partial charge < -0.3 is 10.1 Å². The summed E-state index contributed by atoms with van der Waals surface area (Å²) in [5.74, 6) is -0.124. The number of nitrogens with one attached hydrogen (secondary N) is 1. The molecule has 1 N–H and O–H groups in total. The van der Waals surface area contributed by atoms with Crippen LogP contribution in [0.2, 0.25) is 0 Å². The summed E-state index contributed by atoms with van der Waals surface area (Å²) in [5, 5.41) is 3.28. The third-order valence-corrected chi connectivity index (χ3v) is 3.96. The average Bonchev–Trinajstić information content (AvgIpc) is 2.39. The first-order valence-corrected chi connectivity index (χ1v) is 6.53. The van der Waals surface area contributed by atoms with Crippen molar-refractivity contribution in [3.63, 3.8) is 0 Å². The molecule has 18 heavy (non-hydrogen) atoms. The van der Waals surface area contributed by atoms with Gasteiger partial charge in [-0.15, -0.1) is 12.4 Å². The summed E-state index contributed by atoms with van der Waals surface area (Å²) < 4.78 is 6.02. The van der Waals surface area contributed by atoms with Gasteiger partial charge >= 0.3 is 5.97 Å². The number of esters is 1. The van der Waals surface area contributed by atoms with E-state index in [4.69, 9.17) is 4.74 Å². The summed E-state index contributed by atoms with van der Waals surface area (Å²) in [5.41, 5.74) is 0.579. The Kier molecular flexibility index (Phi) is 5.63. The van der Waals surface area contributed by atoms with Crippen molar-refractivity contribution in [3.8, 4) is 0 Å². The normalized spacial score (nSPS) is 17.7. The van der Waals surface area contributed by atoms with E-state index in [-0.39, 0.29) is 18.4 Å². The summed E-state index contributed by atoms with van der Waals surface area (Å²) in [6.07, 6.45) is 1.59.